The number of rotatable bonds is 11. The molecule has 6 N–H and O–H groups in total. The van der Waals surface area contributed by atoms with Gasteiger partial charge in [-0.15, -0.1) is 0 Å². The summed E-state index contributed by atoms with van der Waals surface area (Å²) in [7, 11) is 0. The van der Waals surface area contributed by atoms with E-state index in [2.05, 4.69) is 5.32 Å². The van der Waals surface area contributed by atoms with Gasteiger partial charge in [0.1, 0.15) is 23.4 Å². The molecular formula is C23H27F2N3O8S. The Hall–Kier alpha value is -3.78. The first-order chi connectivity index (χ1) is 17.1. The van der Waals surface area contributed by atoms with Crippen molar-refractivity contribution in [3.63, 3.8) is 0 Å². The summed E-state index contributed by atoms with van der Waals surface area (Å²) >= 11 is 0.323. The van der Waals surface area contributed by atoms with E-state index in [0.29, 0.717) is 30.3 Å². The number of alkyl halides is 2. The molecule has 0 radical (unpaired) electrons. The Balaban J connectivity index is 0.000000856. The van der Waals surface area contributed by atoms with Crippen LogP contribution in [0.3, 0.4) is 0 Å². The molecule has 1 heterocycles. The number of aliphatic carboxylic acids is 1. The number of furan rings is 1. The van der Waals surface area contributed by atoms with Crippen LogP contribution in [0.25, 0.3) is 0 Å². The molecule has 0 aliphatic heterocycles. The van der Waals surface area contributed by atoms with E-state index in [1.165, 1.54) is 24.3 Å². The minimum absolute atomic E-state index is 0.0617. The number of hydrogen-bond donors (Lipinski definition) is 5. The molecule has 2 atom stereocenters. The lowest BCUT2D eigenvalue weighted by Gasteiger charge is -2.16. The SMILES string of the molecule is CC(=O)C(C)(F)F.CC(Cc1ccc(C(=O)Oc2ccc(C(=N)N)cc2)o1)C(=O)N[C@@H](CSO)C(=O)O. The number of halogens is 2. The number of benzene rings is 1. The smallest absolute Gasteiger partial charge is 0.379 e. The van der Waals surface area contributed by atoms with Crippen molar-refractivity contribution in [2.45, 2.75) is 39.2 Å². The minimum atomic E-state index is -3.14. The van der Waals surface area contributed by atoms with Gasteiger partial charge in [-0.3, -0.25) is 15.0 Å². The van der Waals surface area contributed by atoms with Crippen LogP contribution in [0.5, 0.6) is 5.75 Å². The topological polar surface area (TPSA) is 193 Å². The standard InChI is InChI=1S/C19H21N3O7S.C4H6F2O/c1-10(17(23)22-14(9-30-27)18(24)25)8-13-6-7-15(28-13)19(26)29-12-4-2-11(3-5-12)16(20)21;1-3(7)4(2,5)6/h2-7,10,14,27H,8-9H2,1H3,(H3,20,21)(H,22,23)(H,24,25);1-2H3/t10?,14-;/m0./s1. The zero-order chi connectivity index (χ0) is 28.3. The van der Waals surface area contributed by atoms with Gasteiger partial charge in [-0.2, -0.15) is 8.78 Å². The van der Waals surface area contributed by atoms with Gasteiger partial charge in [0.2, 0.25) is 11.7 Å². The third kappa shape index (κ3) is 10.8. The number of Topliss-reactive ketones (excluding diaryl/α,β-unsaturated/α-hetero) is 1. The highest BCUT2D eigenvalue weighted by Crippen LogP contribution is 2.18. The summed E-state index contributed by atoms with van der Waals surface area (Å²) in [4.78, 5) is 45.2. The Bertz CT molecular complexity index is 1120. The first-order valence-electron chi connectivity index (χ1n) is 10.6. The Labute approximate surface area is 215 Å². The lowest BCUT2D eigenvalue weighted by Crippen LogP contribution is -2.45. The van der Waals surface area contributed by atoms with Gasteiger partial charge in [0.25, 0.3) is 0 Å². The number of carbonyl (C=O) groups excluding carboxylic acids is 3. The van der Waals surface area contributed by atoms with Gasteiger partial charge in [0.15, 0.2) is 5.78 Å². The molecule has 1 aromatic heterocycles. The summed E-state index contributed by atoms with van der Waals surface area (Å²) < 4.78 is 42.4. The number of hydrogen-bond acceptors (Lipinski definition) is 9. The number of nitrogens with two attached hydrogens (primary N) is 1. The molecule has 202 valence electrons. The van der Waals surface area contributed by atoms with Crippen LogP contribution in [0.15, 0.2) is 40.8 Å². The van der Waals surface area contributed by atoms with Crippen LogP contribution in [-0.4, -0.2) is 56.8 Å². The first kappa shape index (κ1) is 31.3. The number of carbonyl (C=O) groups is 4. The van der Waals surface area contributed by atoms with Crippen molar-refractivity contribution < 1.29 is 46.8 Å². The van der Waals surface area contributed by atoms with Crippen molar-refractivity contribution in [2.75, 3.05) is 5.75 Å². The van der Waals surface area contributed by atoms with E-state index in [4.69, 9.17) is 30.0 Å². The van der Waals surface area contributed by atoms with E-state index in [1.54, 1.807) is 19.1 Å². The minimum Gasteiger partial charge on any atom is -0.480 e. The third-order valence-electron chi connectivity index (χ3n) is 4.67. The Morgan fingerprint density at radius 3 is 2.22 bits per heavy atom. The van der Waals surface area contributed by atoms with Gasteiger partial charge >= 0.3 is 17.9 Å². The second-order valence-electron chi connectivity index (χ2n) is 7.84. The molecular weight excluding hydrogens is 516 g/mol. The maximum atomic E-state index is 12.2. The predicted octanol–water partition coefficient (Wildman–Crippen LogP) is 2.97. The Kier molecular flexibility index (Phi) is 11.9. The lowest BCUT2D eigenvalue weighted by atomic mass is 10.1. The van der Waals surface area contributed by atoms with Crippen molar-refractivity contribution >= 4 is 41.5 Å². The number of carboxylic acids is 1. The highest BCUT2D eigenvalue weighted by Gasteiger charge is 2.27. The second kappa shape index (κ2) is 14.1. The van der Waals surface area contributed by atoms with E-state index in [0.717, 1.165) is 6.92 Å². The molecule has 0 aliphatic rings. The molecule has 11 nitrogen and oxygen atoms in total. The van der Waals surface area contributed by atoms with Gasteiger partial charge in [0.05, 0.1) is 5.75 Å². The number of nitrogens with one attached hydrogen (secondary N) is 2. The number of carboxylic acid groups (broad SMARTS) is 1. The summed E-state index contributed by atoms with van der Waals surface area (Å²) in [5.41, 5.74) is 5.86. The van der Waals surface area contributed by atoms with E-state index in [-0.39, 0.29) is 29.5 Å². The zero-order valence-electron chi connectivity index (χ0n) is 20.1. The number of esters is 1. The van der Waals surface area contributed by atoms with Gasteiger partial charge < -0.3 is 29.9 Å². The molecule has 14 heteroatoms. The molecule has 37 heavy (non-hydrogen) atoms. The van der Waals surface area contributed by atoms with E-state index < -0.39 is 41.5 Å². The van der Waals surface area contributed by atoms with Crippen molar-refractivity contribution in [1.82, 2.24) is 5.32 Å². The van der Waals surface area contributed by atoms with Crippen LogP contribution < -0.4 is 15.8 Å². The summed E-state index contributed by atoms with van der Waals surface area (Å²) in [6, 6.07) is 7.79. The second-order valence-corrected chi connectivity index (χ2v) is 8.43. The van der Waals surface area contributed by atoms with Gasteiger partial charge in [-0.25, -0.2) is 9.59 Å². The lowest BCUT2D eigenvalue weighted by molar-refractivity contribution is -0.141. The fourth-order valence-electron chi connectivity index (χ4n) is 2.41. The van der Waals surface area contributed by atoms with Crippen molar-refractivity contribution in [3.05, 3.63) is 53.5 Å². The van der Waals surface area contributed by atoms with Gasteiger partial charge in [0, 0.05) is 31.7 Å². The first-order valence-corrected chi connectivity index (χ1v) is 11.5. The van der Waals surface area contributed by atoms with Crippen molar-refractivity contribution in [1.29, 1.82) is 5.41 Å². The number of amides is 1. The number of amidine groups is 1. The third-order valence-corrected chi connectivity index (χ3v) is 5.15. The summed E-state index contributed by atoms with van der Waals surface area (Å²) in [6.07, 6.45) is 0.130. The molecule has 0 aliphatic carbocycles. The van der Waals surface area contributed by atoms with Crippen LogP contribution in [-0.2, 0) is 20.8 Å². The fraction of sp³-hybridized carbons (Fsp3) is 0.348. The molecule has 0 saturated carbocycles. The maximum absolute atomic E-state index is 12.2. The average Bonchev–Trinajstić information content (AvgIpc) is 3.27. The molecule has 2 rings (SSSR count). The van der Waals surface area contributed by atoms with E-state index >= 15 is 0 Å². The Morgan fingerprint density at radius 1 is 1.19 bits per heavy atom. The van der Waals surface area contributed by atoms with Crippen LogP contribution in [0.4, 0.5) is 8.78 Å². The molecule has 2 aromatic rings. The molecule has 0 saturated heterocycles. The summed E-state index contributed by atoms with van der Waals surface area (Å²) in [5.74, 6) is -7.13. The molecule has 0 bridgehead atoms. The van der Waals surface area contributed by atoms with Crippen LogP contribution in [0, 0.1) is 11.3 Å². The highest BCUT2D eigenvalue weighted by molar-refractivity contribution is 7.93. The molecule has 0 fully saturated rings. The Morgan fingerprint density at radius 2 is 1.76 bits per heavy atom. The van der Waals surface area contributed by atoms with E-state index in [1.807, 2.05) is 0 Å². The number of nitrogen functional groups attached to an aromatic ring is 1. The molecule has 1 amide bonds. The fourth-order valence-corrected chi connectivity index (χ4v) is 2.79. The molecule has 1 unspecified atom stereocenters. The molecule has 1 aromatic carbocycles. The number of ether oxygens (including phenoxy) is 1. The normalized spacial score (nSPS) is 12.4. The number of ketones is 1. The maximum Gasteiger partial charge on any atom is 0.379 e. The van der Waals surface area contributed by atoms with Gasteiger partial charge in [-0.1, -0.05) is 6.92 Å². The quantitative estimate of drug-likeness (QED) is 0.0925. The van der Waals surface area contributed by atoms with Crippen molar-refractivity contribution in [3.8, 4) is 5.75 Å². The molecule has 0 spiro atoms. The average molecular weight is 544 g/mol. The van der Waals surface area contributed by atoms with Crippen molar-refractivity contribution in [2.24, 2.45) is 11.7 Å². The monoisotopic (exact) mass is 543 g/mol. The summed E-state index contributed by atoms with van der Waals surface area (Å²) in [5, 5.41) is 18.7. The summed E-state index contributed by atoms with van der Waals surface area (Å²) in [6.45, 7) is 3.02. The largest absolute Gasteiger partial charge is 0.480 e. The van der Waals surface area contributed by atoms with Crippen LogP contribution >= 0.6 is 12.0 Å². The van der Waals surface area contributed by atoms with Crippen LogP contribution in [0.1, 0.15) is 42.6 Å². The zero-order valence-corrected chi connectivity index (χ0v) is 20.9. The predicted molar refractivity (Wildman–Crippen MR) is 130 cm³/mol. The highest BCUT2D eigenvalue weighted by atomic mass is 32.2. The van der Waals surface area contributed by atoms with Gasteiger partial charge in [-0.05, 0) is 48.4 Å². The van der Waals surface area contributed by atoms with E-state index in [9.17, 15) is 28.0 Å². The van der Waals surface area contributed by atoms with Crippen LogP contribution in [0.2, 0.25) is 0 Å².